The number of hydrogen-bond acceptors (Lipinski definition) is 5. The third-order valence-electron chi connectivity index (χ3n) is 1.08. The second-order valence-corrected chi connectivity index (χ2v) is 2.49. The predicted molar refractivity (Wildman–Crippen MR) is 36.5 cm³/mol. The van der Waals surface area contributed by atoms with Gasteiger partial charge in [0.1, 0.15) is 6.10 Å². The Morgan fingerprint density at radius 1 is 1.27 bits per heavy atom. The van der Waals surface area contributed by atoms with E-state index in [0.29, 0.717) is 0 Å². The number of hydrogen-bond donors (Lipinski definition) is 4. The summed E-state index contributed by atoms with van der Waals surface area (Å²) >= 11 is 0. The lowest BCUT2D eigenvalue weighted by Crippen LogP contribution is -2.44. The van der Waals surface area contributed by atoms with E-state index in [2.05, 4.69) is 4.74 Å². The van der Waals surface area contributed by atoms with E-state index in [0.717, 1.165) is 0 Å². The minimum atomic E-state index is -2.57. The molecule has 0 saturated carbocycles. The fourth-order valence-corrected chi connectivity index (χ4v) is 0.364. The van der Waals surface area contributed by atoms with Crippen molar-refractivity contribution in [3.05, 3.63) is 0 Å². The van der Waals surface area contributed by atoms with Crippen molar-refractivity contribution < 1.29 is 25.2 Å². The summed E-state index contributed by atoms with van der Waals surface area (Å²) in [4.78, 5) is 0. The summed E-state index contributed by atoms with van der Waals surface area (Å²) in [7, 11) is 0. The summed E-state index contributed by atoms with van der Waals surface area (Å²) in [5.74, 6) is -2.57. The predicted octanol–water partition coefficient (Wildman–Crippen LogP) is -1.60. The van der Waals surface area contributed by atoms with Gasteiger partial charge in [0.15, 0.2) is 0 Å². The van der Waals surface area contributed by atoms with Crippen molar-refractivity contribution in [2.24, 2.45) is 0 Å². The van der Waals surface area contributed by atoms with E-state index >= 15 is 0 Å². The average molecular weight is 166 g/mol. The van der Waals surface area contributed by atoms with Gasteiger partial charge in [-0.15, -0.1) is 0 Å². The Morgan fingerprint density at radius 2 is 1.73 bits per heavy atom. The molecule has 0 saturated heterocycles. The monoisotopic (exact) mass is 166 g/mol. The Bertz CT molecular complexity index is 110. The van der Waals surface area contributed by atoms with Gasteiger partial charge in [-0.3, -0.25) is 0 Å². The molecule has 4 N–H and O–H groups in total. The highest BCUT2D eigenvalue weighted by Gasteiger charge is 2.31. The largest absolute Gasteiger partial charge is 0.391 e. The van der Waals surface area contributed by atoms with Gasteiger partial charge in [0, 0.05) is 0 Å². The first-order valence-electron chi connectivity index (χ1n) is 3.31. The van der Waals surface area contributed by atoms with Crippen LogP contribution in [0.3, 0.4) is 0 Å². The normalized spacial score (nSPS) is 18.0. The zero-order valence-electron chi connectivity index (χ0n) is 6.56. The lowest BCUT2D eigenvalue weighted by atomic mass is 10.3. The van der Waals surface area contributed by atoms with Crippen LogP contribution in [0.4, 0.5) is 0 Å². The van der Waals surface area contributed by atoms with Gasteiger partial charge < -0.3 is 25.2 Å². The van der Waals surface area contributed by atoms with Gasteiger partial charge in [-0.1, -0.05) is 0 Å². The Kier molecular flexibility index (Phi) is 3.91. The number of aliphatic hydroxyl groups excluding tert-OH is 2. The van der Waals surface area contributed by atoms with Crippen molar-refractivity contribution in [3.63, 3.8) is 0 Å². The van der Waals surface area contributed by atoms with Crippen LogP contribution in [0.15, 0.2) is 0 Å². The van der Waals surface area contributed by atoms with Crippen molar-refractivity contribution in [2.75, 3.05) is 6.61 Å². The molecule has 0 amide bonds. The minimum absolute atomic E-state index is 0.238. The molecule has 0 aliphatic rings. The smallest absolute Gasteiger partial charge is 0.305 e. The van der Waals surface area contributed by atoms with Gasteiger partial charge in [0.05, 0.1) is 12.7 Å². The van der Waals surface area contributed by atoms with E-state index in [1.807, 2.05) is 0 Å². The number of ether oxygens (including phenoxy) is 1. The molecule has 0 aromatic heterocycles. The fourth-order valence-electron chi connectivity index (χ4n) is 0.364. The zero-order valence-corrected chi connectivity index (χ0v) is 6.56. The molecule has 0 aromatic carbocycles. The maximum atomic E-state index is 8.81. The van der Waals surface area contributed by atoms with Crippen LogP contribution in [0.1, 0.15) is 13.8 Å². The summed E-state index contributed by atoms with van der Waals surface area (Å²) in [5.41, 5.74) is 0. The second-order valence-electron chi connectivity index (χ2n) is 2.49. The Morgan fingerprint density at radius 3 is 2.00 bits per heavy atom. The molecule has 0 aliphatic carbocycles. The Balaban J connectivity index is 3.73. The molecule has 0 radical (unpaired) electrons. The van der Waals surface area contributed by atoms with Crippen LogP contribution in [-0.2, 0) is 4.74 Å². The standard InChI is InChI=1S/C6H14O5/c1-4(7)3-11-6(9,10)5(2)8/h4-5,7-10H,3H2,1-2H3. The van der Waals surface area contributed by atoms with Gasteiger partial charge in [-0.2, -0.15) is 0 Å². The van der Waals surface area contributed by atoms with Crippen molar-refractivity contribution in [1.29, 1.82) is 0 Å². The summed E-state index contributed by atoms with van der Waals surface area (Å²) in [5, 5.41) is 35.0. The van der Waals surface area contributed by atoms with Crippen LogP contribution in [0, 0.1) is 0 Å². The first-order chi connectivity index (χ1) is 4.86. The third-order valence-corrected chi connectivity index (χ3v) is 1.08. The van der Waals surface area contributed by atoms with Crippen LogP contribution in [-0.4, -0.2) is 45.2 Å². The first kappa shape index (κ1) is 10.8. The van der Waals surface area contributed by atoms with E-state index < -0.39 is 18.2 Å². The first-order valence-corrected chi connectivity index (χ1v) is 3.31. The molecule has 0 fully saturated rings. The SMILES string of the molecule is CC(O)COC(O)(O)C(C)O. The summed E-state index contributed by atoms with van der Waals surface area (Å²) < 4.78 is 4.36. The van der Waals surface area contributed by atoms with E-state index in [1.165, 1.54) is 13.8 Å². The van der Waals surface area contributed by atoms with E-state index in [1.54, 1.807) is 0 Å². The summed E-state index contributed by atoms with van der Waals surface area (Å²) in [6.07, 6.45) is -2.21. The van der Waals surface area contributed by atoms with Gasteiger partial charge in [-0.05, 0) is 13.8 Å². The van der Waals surface area contributed by atoms with Crippen LogP contribution < -0.4 is 0 Å². The maximum absolute atomic E-state index is 8.81. The second kappa shape index (κ2) is 3.99. The van der Waals surface area contributed by atoms with E-state index in [9.17, 15) is 0 Å². The van der Waals surface area contributed by atoms with E-state index in [-0.39, 0.29) is 6.61 Å². The van der Waals surface area contributed by atoms with Crippen LogP contribution in [0.25, 0.3) is 0 Å². The van der Waals surface area contributed by atoms with Crippen molar-refractivity contribution in [1.82, 2.24) is 0 Å². The topological polar surface area (TPSA) is 90.2 Å². The quantitative estimate of drug-likeness (QED) is 0.378. The average Bonchev–Trinajstić information content (AvgIpc) is 1.84. The molecular weight excluding hydrogens is 152 g/mol. The molecule has 11 heavy (non-hydrogen) atoms. The van der Waals surface area contributed by atoms with Crippen LogP contribution >= 0.6 is 0 Å². The van der Waals surface area contributed by atoms with Crippen LogP contribution in [0.2, 0.25) is 0 Å². The Labute approximate surface area is 64.9 Å². The number of aliphatic hydroxyl groups is 4. The highest BCUT2D eigenvalue weighted by atomic mass is 16.8. The molecule has 0 heterocycles. The molecule has 0 aromatic rings. The van der Waals surface area contributed by atoms with Crippen molar-refractivity contribution in [2.45, 2.75) is 32.0 Å². The Hall–Kier alpha value is -0.200. The lowest BCUT2D eigenvalue weighted by molar-refractivity contribution is -0.376. The molecule has 2 unspecified atom stereocenters. The minimum Gasteiger partial charge on any atom is -0.391 e. The van der Waals surface area contributed by atoms with Gasteiger partial charge >= 0.3 is 5.97 Å². The van der Waals surface area contributed by atoms with Crippen molar-refractivity contribution >= 4 is 0 Å². The number of rotatable bonds is 4. The molecule has 0 rings (SSSR count). The maximum Gasteiger partial charge on any atom is 0.305 e. The highest BCUT2D eigenvalue weighted by molar-refractivity contribution is 4.59. The molecule has 5 nitrogen and oxygen atoms in total. The summed E-state index contributed by atoms with van der Waals surface area (Å²) in [6, 6.07) is 0. The summed E-state index contributed by atoms with van der Waals surface area (Å²) in [6.45, 7) is 2.36. The van der Waals surface area contributed by atoms with Gasteiger partial charge in [-0.25, -0.2) is 0 Å². The molecule has 68 valence electrons. The van der Waals surface area contributed by atoms with Gasteiger partial charge in [0.25, 0.3) is 0 Å². The highest BCUT2D eigenvalue weighted by Crippen LogP contribution is 2.07. The molecule has 0 spiro atoms. The molecule has 5 heteroatoms. The molecule has 0 aliphatic heterocycles. The molecular formula is C6H14O5. The zero-order chi connectivity index (χ0) is 9.07. The molecule has 2 atom stereocenters. The van der Waals surface area contributed by atoms with E-state index in [4.69, 9.17) is 20.4 Å². The van der Waals surface area contributed by atoms with Crippen LogP contribution in [0.5, 0.6) is 0 Å². The molecule has 0 bridgehead atoms. The van der Waals surface area contributed by atoms with Crippen molar-refractivity contribution in [3.8, 4) is 0 Å². The fraction of sp³-hybridized carbons (Fsp3) is 1.00. The van der Waals surface area contributed by atoms with Gasteiger partial charge in [0.2, 0.25) is 0 Å². The lowest BCUT2D eigenvalue weighted by Gasteiger charge is -2.24. The third kappa shape index (κ3) is 4.28.